The second kappa shape index (κ2) is 8.98. The first-order chi connectivity index (χ1) is 14.8. The number of amides is 2. The van der Waals surface area contributed by atoms with Crippen molar-refractivity contribution >= 4 is 33.4 Å². The first-order valence-corrected chi connectivity index (χ1v) is 12.6. The van der Waals surface area contributed by atoms with E-state index in [4.69, 9.17) is 0 Å². The van der Waals surface area contributed by atoms with Crippen LogP contribution >= 0.6 is 0 Å². The summed E-state index contributed by atoms with van der Waals surface area (Å²) in [6.45, 7) is 1.40. The Hall–Kier alpha value is -2.42. The molecule has 1 N–H and O–H groups in total. The number of anilines is 1. The van der Waals surface area contributed by atoms with Gasteiger partial charge in [0, 0.05) is 38.2 Å². The molecule has 1 aromatic rings. The number of rotatable bonds is 5. The van der Waals surface area contributed by atoms with Crippen molar-refractivity contribution in [2.24, 2.45) is 10.3 Å². The fourth-order valence-electron chi connectivity index (χ4n) is 4.26. The number of hydrogen-bond acceptors (Lipinski definition) is 4. The SMILES string of the molecule is CN1CCCCC/C1=N\S(=O)(=O)c1cccc(NC(=O)C2CCCN2C(=O)C2CC2)c1. The molecule has 2 amide bonds. The van der Waals surface area contributed by atoms with Gasteiger partial charge in [-0.2, -0.15) is 8.42 Å². The van der Waals surface area contributed by atoms with Crippen molar-refractivity contribution in [1.82, 2.24) is 9.80 Å². The van der Waals surface area contributed by atoms with Crippen LogP contribution in [0.15, 0.2) is 33.6 Å². The van der Waals surface area contributed by atoms with Crippen LogP contribution in [0.25, 0.3) is 0 Å². The van der Waals surface area contributed by atoms with E-state index in [2.05, 4.69) is 9.71 Å². The van der Waals surface area contributed by atoms with Crippen molar-refractivity contribution in [3.05, 3.63) is 24.3 Å². The summed E-state index contributed by atoms with van der Waals surface area (Å²) < 4.78 is 29.9. The summed E-state index contributed by atoms with van der Waals surface area (Å²) in [5.41, 5.74) is 0.395. The Labute approximate surface area is 183 Å². The fourth-order valence-corrected chi connectivity index (χ4v) is 5.40. The molecule has 2 heterocycles. The zero-order valence-electron chi connectivity index (χ0n) is 17.9. The molecule has 1 saturated carbocycles. The molecular formula is C22H30N4O4S. The van der Waals surface area contributed by atoms with Gasteiger partial charge in [0.1, 0.15) is 11.9 Å². The number of carbonyl (C=O) groups is 2. The Kier molecular flexibility index (Phi) is 6.31. The quantitative estimate of drug-likeness (QED) is 0.750. The van der Waals surface area contributed by atoms with Crippen molar-refractivity contribution < 1.29 is 18.0 Å². The van der Waals surface area contributed by atoms with Crippen LogP contribution in [-0.4, -0.2) is 62.0 Å². The van der Waals surface area contributed by atoms with Gasteiger partial charge in [0.2, 0.25) is 11.8 Å². The average Bonchev–Trinajstić information content (AvgIpc) is 3.51. The van der Waals surface area contributed by atoms with Gasteiger partial charge in [0.05, 0.1) is 4.90 Å². The maximum Gasteiger partial charge on any atom is 0.284 e. The molecule has 31 heavy (non-hydrogen) atoms. The first kappa shape index (κ1) is 21.8. The van der Waals surface area contributed by atoms with Crippen molar-refractivity contribution in [1.29, 1.82) is 0 Å². The van der Waals surface area contributed by atoms with Crippen molar-refractivity contribution in [3.8, 4) is 0 Å². The summed E-state index contributed by atoms with van der Waals surface area (Å²) in [7, 11) is -2.02. The standard InChI is InChI=1S/C22H30N4O4S/c1-25-13-4-2-3-10-20(25)24-31(29,30)18-8-5-7-17(15-18)23-21(27)19-9-6-14-26(19)22(28)16-11-12-16/h5,7-8,15-16,19H,2-4,6,9-14H2,1H3,(H,23,27)/b24-20+. The number of nitrogens with one attached hydrogen (secondary N) is 1. The molecule has 168 valence electrons. The van der Waals surface area contributed by atoms with Crippen LogP contribution in [0.1, 0.15) is 51.4 Å². The van der Waals surface area contributed by atoms with E-state index in [1.165, 1.54) is 12.1 Å². The summed E-state index contributed by atoms with van der Waals surface area (Å²) in [5.74, 6) is 0.448. The van der Waals surface area contributed by atoms with Crippen molar-refractivity contribution in [3.63, 3.8) is 0 Å². The summed E-state index contributed by atoms with van der Waals surface area (Å²) in [6.07, 6.45) is 6.89. The Bertz CT molecular complexity index is 987. The van der Waals surface area contributed by atoms with Crippen LogP contribution < -0.4 is 5.32 Å². The number of sulfonamides is 1. The van der Waals surface area contributed by atoms with Gasteiger partial charge in [-0.3, -0.25) is 9.59 Å². The van der Waals surface area contributed by atoms with E-state index >= 15 is 0 Å². The van der Waals surface area contributed by atoms with Crippen LogP contribution in [0.4, 0.5) is 5.69 Å². The summed E-state index contributed by atoms with van der Waals surface area (Å²) in [6, 6.07) is 5.69. The van der Waals surface area contributed by atoms with Gasteiger partial charge in [-0.15, -0.1) is 4.40 Å². The number of amidine groups is 1. The Morgan fingerprint density at radius 2 is 1.87 bits per heavy atom. The van der Waals surface area contributed by atoms with Crippen LogP contribution in [0.3, 0.4) is 0 Å². The van der Waals surface area contributed by atoms with Gasteiger partial charge >= 0.3 is 0 Å². The minimum Gasteiger partial charge on any atom is -0.362 e. The predicted molar refractivity (Wildman–Crippen MR) is 118 cm³/mol. The third-order valence-corrected chi connectivity index (χ3v) is 7.53. The lowest BCUT2D eigenvalue weighted by atomic mass is 10.2. The van der Waals surface area contributed by atoms with Gasteiger partial charge in [0.15, 0.2) is 0 Å². The highest BCUT2D eigenvalue weighted by molar-refractivity contribution is 7.90. The topological polar surface area (TPSA) is 99.2 Å². The summed E-state index contributed by atoms with van der Waals surface area (Å²) in [4.78, 5) is 28.9. The molecule has 2 saturated heterocycles. The second-order valence-corrected chi connectivity index (χ2v) is 10.3. The van der Waals surface area contributed by atoms with Gasteiger partial charge in [-0.25, -0.2) is 0 Å². The third-order valence-electron chi connectivity index (χ3n) is 6.22. The molecule has 1 aliphatic carbocycles. The average molecular weight is 447 g/mol. The summed E-state index contributed by atoms with van der Waals surface area (Å²) in [5, 5.41) is 2.81. The zero-order chi connectivity index (χ0) is 22.0. The molecule has 1 aromatic carbocycles. The fraction of sp³-hybridized carbons (Fsp3) is 0.591. The van der Waals surface area contributed by atoms with Gasteiger partial charge in [-0.05, 0) is 56.7 Å². The van der Waals surface area contributed by atoms with Crippen molar-refractivity contribution in [2.45, 2.75) is 62.3 Å². The molecule has 3 fully saturated rings. The Balaban J connectivity index is 1.49. The Morgan fingerprint density at radius 1 is 1.06 bits per heavy atom. The lowest BCUT2D eigenvalue weighted by Gasteiger charge is -2.24. The van der Waals surface area contributed by atoms with E-state index in [9.17, 15) is 18.0 Å². The molecule has 1 unspecified atom stereocenters. The second-order valence-electron chi connectivity index (χ2n) is 8.70. The minimum atomic E-state index is -3.88. The number of benzene rings is 1. The van der Waals surface area contributed by atoms with E-state index in [0.717, 1.165) is 45.1 Å². The summed E-state index contributed by atoms with van der Waals surface area (Å²) >= 11 is 0. The maximum atomic E-state index is 12.9. The number of hydrogen-bond donors (Lipinski definition) is 1. The van der Waals surface area contributed by atoms with Crippen LogP contribution in [0.5, 0.6) is 0 Å². The molecule has 4 rings (SSSR count). The largest absolute Gasteiger partial charge is 0.362 e. The van der Waals surface area contributed by atoms with Crippen molar-refractivity contribution in [2.75, 3.05) is 25.5 Å². The lowest BCUT2D eigenvalue weighted by Crippen LogP contribution is -2.43. The molecule has 3 aliphatic rings. The number of carbonyl (C=O) groups excluding carboxylic acids is 2. The molecule has 0 bridgehead atoms. The van der Waals surface area contributed by atoms with Gasteiger partial charge < -0.3 is 15.1 Å². The Morgan fingerprint density at radius 3 is 2.65 bits per heavy atom. The molecule has 2 aliphatic heterocycles. The minimum absolute atomic E-state index is 0.0489. The highest BCUT2D eigenvalue weighted by Gasteiger charge is 2.40. The molecule has 1 atom stereocenters. The molecule has 9 heteroatoms. The number of nitrogens with zero attached hydrogens (tertiary/aromatic N) is 3. The van der Waals surface area contributed by atoms with Crippen LogP contribution in [0, 0.1) is 5.92 Å². The van der Waals surface area contributed by atoms with E-state index in [0.29, 0.717) is 30.9 Å². The monoisotopic (exact) mass is 446 g/mol. The molecule has 0 spiro atoms. The van der Waals surface area contributed by atoms with E-state index in [-0.39, 0.29) is 22.6 Å². The molecular weight excluding hydrogens is 416 g/mol. The smallest absolute Gasteiger partial charge is 0.284 e. The molecule has 0 aromatic heterocycles. The van der Waals surface area contributed by atoms with E-state index in [1.54, 1.807) is 17.0 Å². The molecule has 8 nitrogen and oxygen atoms in total. The third kappa shape index (κ3) is 5.08. The highest BCUT2D eigenvalue weighted by atomic mass is 32.2. The van der Waals surface area contributed by atoms with E-state index < -0.39 is 16.1 Å². The van der Waals surface area contributed by atoms with E-state index in [1.807, 2.05) is 11.9 Å². The predicted octanol–water partition coefficient (Wildman–Crippen LogP) is 2.62. The number of likely N-dealkylation sites (tertiary alicyclic amines) is 2. The zero-order valence-corrected chi connectivity index (χ0v) is 18.7. The van der Waals surface area contributed by atoms with Gasteiger partial charge in [-0.1, -0.05) is 12.5 Å². The van der Waals surface area contributed by atoms with Crippen LogP contribution in [0.2, 0.25) is 0 Å². The first-order valence-electron chi connectivity index (χ1n) is 11.1. The van der Waals surface area contributed by atoms with Gasteiger partial charge in [0.25, 0.3) is 10.0 Å². The maximum absolute atomic E-state index is 12.9. The van der Waals surface area contributed by atoms with Crippen LogP contribution in [-0.2, 0) is 19.6 Å². The normalized spacial score (nSPS) is 23.6. The lowest BCUT2D eigenvalue weighted by molar-refractivity contribution is -0.137. The molecule has 0 radical (unpaired) electrons. The highest BCUT2D eigenvalue weighted by Crippen LogP contribution is 2.34.